The van der Waals surface area contributed by atoms with E-state index in [1.807, 2.05) is 24.5 Å². The highest BCUT2D eigenvalue weighted by molar-refractivity contribution is 5.29. The van der Waals surface area contributed by atoms with Crippen molar-refractivity contribution < 1.29 is 4.74 Å². The van der Waals surface area contributed by atoms with Gasteiger partial charge in [0.05, 0.1) is 7.11 Å². The zero-order valence-electron chi connectivity index (χ0n) is 16.7. The molecule has 5 heteroatoms. The molecule has 0 amide bonds. The maximum absolute atomic E-state index is 5.26. The van der Waals surface area contributed by atoms with Gasteiger partial charge in [-0.1, -0.05) is 25.1 Å². The minimum absolute atomic E-state index is 0.473. The highest BCUT2D eigenvalue weighted by Gasteiger charge is 2.23. The largest absolute Gasteiger partial charge is 0.497 e. The molecule has 1 aliphatic heterocycles. The fourth-order valence-corrected chi connectivity index (χ4v) is 4.04. The van der Waals surface area contributed by atoms with E-state index in [2.05, 4.69) is 51.7 Å². The second kappa shape index (κ2) is 8.57. The molecule has 3 heterocycles. The lowest BCUT2D eigenvalue weighted by Gasteiger charge is -2.32. The molecule has 1 fully saturated rings. The number of hydrogen-bond donors (Lipinski definition) is 0. The molecule has 1 saturated heterocycles. The summed E-state index contributed by atoms with van der Waals surface area (Å²) in [7, 11) is 1.71. The molecule has 1 atom stereocenters. The average Bonchev–Trinajstić information content (AvgIpc) is 3.24. The van der Waals surface area contributed by atoms with Gasteiger partial charge in [0, 0.05) is 43.5 Å². The first-order chi connectivity index (χ1) is 13.8. The van der Waals surface area contributed by atoms with Gasteiger partial charge in [0.2, 0.25) is 0 Å². The van der Waals surface area contributed by atoms with Crippen molar-refractivity contribution in [3.8, 4) is 11.6 Å². The zero-order valence-corrected chi connectivity index (χ0v) is 16.7. The smallest absolute Gasteiger partial charge is 0.138 e. The predicted molar refractivity (Wildman–Crippen MR) is 111 cm³/mol. The van der Waals surface area contributed by atoms with Gasteiger partial charge in [0.1, 0.15) is 17.4 Å². The van der Waals surface area contributed by atoms with Crippen LogP contribution in [-0.2, 0) is 13.0 Å². The number of benzene rings is 1. The van der Waals surface area contributed by atoms with Crippen molar-refractivity contribution >= 4 is 0 Å². The second-order valence-electron chi connectivity index (χ2n) is 7.41. The Labute approximate surface area is 167 Å². The van der Waals surface area contributed by atoms with Gasteiger partial charge in [-0.2, -0.15) is 0 Å². The molecule has 0 saturated carbocycles. The maximum atomic E-state index is 5.26. The predicted octanol–water partition coefficient (Wildman–Crippen LogP) is 4.22. The summed E-state index contributed by atoms with van der Waals surface area (Å²) in [5.41, 5.74) is 2.52. The highest BCUT2D eigenvalue weighted by atomic mass is 16.5. The first-order valence-electron chi connectivity index (χ1n) is 10.1. The number of nitrogens with zero attached hydrogens (tertiary/aromatic N) is 4. The quantitative estimate of drug-likeness (QED) is 0.646. The minimum atomic E-state index is 0.473. The molecule has 3 aromatic rings. The van der Waals surface area contributed by atoms with E-state index in [1.54, 1.807) is 7.11 Å². The molecule has 0 N–H and O–H groups in total. The number of aromatic nitrogens is 3. The van der Waals surface area contributed by atoms with E-state index in [0.717, 1.165) is 43.4 Å². The highest BCUT2D eigenvalue weighted by Crippen LogP contribution is 2.27. The van der Waals surface area contributed by atoms with E-state index >= 15 is 0 Å². The summed E-state index contributed by atoms with van der Waals surface area (Å²) in [5, 5.41) is 0. The molecule has 1 unspecified atom stereocenters. The Morgan fingerprint density at radius 2 is 2.00 bits per heavy atom. The van der Waals surface area contributed by atoms with E-state index in [0.29, 0.717) is 5.92 Å². The Kier molecular flexibility index (Phi) is 5.72. The van der Waals surface area contributed by atoms with Crippen LogP contribution in [0, 0.1) is 0 Å². The van der Waals surface area contributed by atoms with Crippen LogP contribution in [0.15, 0.2) is 54.9 Å². The van der Waals surface area contributed by atoms with Crippen LogP contribution >= 0.6 is 0 Å². The third-order valence-corrected chi connectivity index (χ3v) is 5.53. The van der Waals surface area contributed by atoms with Crippen LogP contribution in [0.1, 0.15) is 42.8 Å². The summed E-state index contributed by atoms with van der Waals surface area (Å²) in [4.78, 5) is 12.0. The third-order valence-electron chi connectivity index (χ3n) is 5.53. The van der Waals surface area contributed by atoms with Gasteiger partial charge in [-0.05, 0) is 49.2 Å². The number of imidazole rings is 1. The lowest BCUT2D eigenvalue weighted by atomic mass is 9.94. The Morgan fingerprint density at radius 1 is 1.14 bits per heavy atom. The molecular weight excluding hydrogens is 348 g/mol. The van der Waals surface area contributed by atoms with Crippen LogP contribution in [0.2, 0.25) is 0 Å². The summed E-state index contributed by atoms with van der Waals surface area (Å²) in [5.74, 6) is 3.40. The van der Waals surface area contributed by atoms with Gasteiger partial charge in [-0.3, -0.25) is 9.47 Å². The molecule has 1 aliphatic rings. The SMILES string of the molecule is CCc1nccn1-c1cccc(C2CCCN(Cc3ccc(OC)cc3)C2)n1. The standard InChI is InChI=1S/C23H28N4O/c1-3-22-24-13-15-27(22)23-8-4-7-21(25-23)19-6-5-14-26(17-19)16-18-9-11-20(28-2)12-10-18/h4,7-13,15,19H,3,5-6,14,16-17H2,1-2H3. The van der Waals surface area contributed by atoms with Crippen LogP contribution in [0.4, 0.5) is 0 Å². The van der Waals surface area contributed by atoms with Gasteiger partial charge < -0.3 is 4.74 Å². The van der Waals surface area contributed by atoms with E-state index < -0.39 is 0 Å². The topological polar surface area (TPSA) is 43.2 Å². The number of piperidine rings is 1. The van der Waals surface area contributed by atoms with Crippen LogP contribution in [0.5, 0.6) is 5.75 Å². The number of methoxy groups -OCH3 is 1. The van der Waals surface area contributed by atoms with Gasteiger partial charge in [0.25, 0.3) is 0 Å². The molecule has 4 rings (SSSR count). The number of hydrogen-bond acceptors (Lipinski definition) is 4. The number of rotatable bonds is 6. The monoisotopic (exact) mass is 376 g/mol. The van der Waals surface area contributed by atoms with Crippen LogP contribution in [0.25, 0.3) is 5.82 Å². The molecule has 0 radical (unpaired) electrons. The van der Waals surface area contributed by atoms with Crippen molar-refractivity contribution in [3.63, 3.8) is 0 Å². The third kappa shape index (κ3) is 4.09. The van der Waals surface area contributed by atoms with Gasteiger partial charge in [-0.15, -0.1) is 0 Å². The van der Waals surface area contributed by atoms with E-state index in [9.17, 15) is 0 Å². The van der Waals surface area contributed by atoms with E-state index in [-0.39, 0.29) is 0 Å². The van der Waals surface area contributed by atoms with Crippen molar-refractivity contribution in [2.45, 2.75) is 38.6 Å². The fraction of sp³-hybridized carbons (Fsp3) is 0.391. The lowest BCUT2D eigenvalue weighted by molar-refractivity contribution is 0.198. The van der Waals surface area contributed by atoms with Gasteiger partial charge in [-0.25, -0.2) is 9.97 Å². The Bertz CT molecular complexity index is 903. The Balaban J connectivity index is 1.47. The molecular formula is C23H28N4O. The van der Waals surface area contributed by atoms with Crippen LogP contribution < -0.4 is 4.74 Å². The molecule has 28 heavy (non-hydrogen) atoms. The van der Waals surface area contributed by atoms with Crippen molar-refractivity contribution in [1.82, 2.24) is 19.4 Å². The van der Waals surface area contributed by atoms with Crippen LogP contribution in [0.3, 0.4) is 0 Å². The number of aryl methyl sites for hydroxylation is 1. The molecule has 2 aromatic heterocycles. The molecule has 5 nitrogen and oxygen atoms in total. The second-order valence-corrected chi connectivity index (χ2v) is 7.41. The van der Waals surface area contributed by atoms with Crippen molar-refractivity contribution in [2.24, 2.45) is 0 Å². The summed E-state index contributed by atoms with van der Waals surface area (Å²) in [6.45, 7) is 5.29. The summed E-state index contributed by atoms with van der Waals surface area (Å²) in [6, 6.07) is 14.8. The zero-order chi connectivity index (χ0) is 19.3. The normalized spacial score (nSPS) is 17.6. The molecule has 1 aromatic carbocycles. The summed E-state index contributed by atoms with van der Waals surface area (Å²) < 4.78 is 7.36. The fourth-order valence-electron chi connectivity index (χ4n) is 4.04. The van der Waals surface area contributed by atoms with E-state index in [4.69, 9.17) is 9.72 Å². The summed E-state index contributed by atoms with van der Waals surface area (Å²) >= 11 is 0. The Morgan fingerprint density at radius 3 is 2.79 bits per heavy atom. The van der Waals surface area contributed by atoms with Crippen molar-refractivity contribution in [1.29, 1.82) is 0 Å². The molecule has 0 bridgehead atoms. The lowest BCUT2D eigenvalue weighted by Crippen LogP contribution is -2.34. The minimum Gasteiger partial charge on any atom is -0.497 e. The number of likely N-dealkylation sites (tertiary alicyclic amines) is 1. The van der Waals surface area contributed by atoms with E-state index in [1.165, 1.54) is 24.1 Å². The van der Waals surface area contributed by atoms with Crippen molar-refractivity contribution in [3.05, 3.63) is 71.9 Å². The van der Waals surface area contributed by atoms with Gasteiger partial charge >= 0.3 is 0 Å². The molecule has 146 valence electrons. The molecule has 0 aliphatic carbocycles. The number of ether oxygens (including phenoxy) is 1. The first-order valence-corrected chi connectivity index (χ1v) is 10.1. The average molecular weight is 377 g/mol. The molecule has 0 spiro atoms. The Hall–Kier alpha value is -2.66. The number of pyridine rings is 1. The summed E-state index contributed by atoms with van der Waals surface area (Å²) in [6.07, 6.45) is 7.16. The maximum Gasteiger partial charge on any atom is 0.138 e. The van der Waals surface area contributed by atoms with Gasteiger partial charge in [0.15, 0.2) is 0 Å². The first kappa shape index (κ1) is 18.7. The van der Waals surface area contributed by atoms with Crippen LogP contribution in [-0.4, -0.2) is 39.6 Å². The van der Waals surface area contributed by atoms with Crippen molar-refractivity contribution in [2.75, 3.05) is 20.2 Å².